The van der Waals surface area contributed by atoms with Gasteiger partial charge in [-0.25, -0.2) is 9.78 Å². The Hall–Kier alpha value is -4.45. The normalized spacial score (nSPS) is 11.8. The molecule has 1 atom stereocenters. The number of anilines is 2. The number of carbonyl (C=O) groups excluding carboxylic acids is 1. The minimum atomic E-state index is -5.08. The van der Waals surface area contributed by atoms with Crippen molar-refractivity contribution in [3.05, 3.63) is 84.2 Å². The summed E-state index contributed by atoms with van der Waals surface area (Å²) < 4.78 is 31.7. The second-order valence-electron chi connectivity index (χ2n) is 7.57. The number of carboxylic acid groups (broad SMARTS) is 1. The molecule has 0 aliphatic carbocycles. The zero-order chi connectivity index (χ0) is 26.1. The van der Waals surface area contributed by atoms with Crippen molar-refractivity contribution < 1.29 is 33.0 Å². The van der Waals surface area contributed by atoms with E-state index in [1.54, 1.807) is 18.3 Å². The molecule has 5 N–H and O–H groups in total. The van der Waals surface area contributed by atoms with Gasteiger partial charge in [0.05, 0.1) is 29.9 Å². The van der Waals surface area contributed by atoms with Crippen LogP contribution in [0, 0.1) is 0 Å². The molecule has 188 valence electrons. The molecular weight excluding hydrogens is 479 g/mol. The first kappa shape index (κ1) is 26.2. The molecule has 0 saturated heterocycles. The predicted octanol–water partition coefficient (Wildman–Crippen LogP) is 3.86. The third-order valence-corrected chi connectivity index (χ3v) is 4.86. The molecule has 9 nitrogen and oxygen atoms in total. The molecule has 0 saturated carbocycles. The first-order chi connectivity index (χ1) is 17.2. The highest BCUT2D eigenvalue weighted by Crippen LogP contribution is 2.18. The number of aromatic nitrogens is 3. The van der Waals surface area contributed by atoms with Crippen LogP contribution in [0.25, 0.3) is 10.9 Å². The summed E-state index contributed by atoms with van der Waals surface area (Å²) >= 11 is 0. The van der Waals surface area contributed by atoms with Crippen molar-refractivity contribution in [1.82, 2.24) is 15.2 Å². The number of carbonyl (C=O) groups is 2. The van der Waals surface area contributed by atoms with Crippen LogP contribution in [0.3, 0.4) is 0 Å². The fourth-order valence-electron chi connectivity index (χ4n) is 3.11. The number of carboxylic acids is 1. The van der Waals surface area contributed by atoms with E-state index < -0.39 is 12.1 Å². The number of aromatic amines is 1. The van der Waals surface area contributed by atoms with E-state index in [9.17, 15) is 23.1 Å². The summed E-state index contributed by atoms with van der Waals surface area (Å²) in [6, 6.07) is 18.8. The van der Waals surface area contributed by atoms with Gasteiger partial charge in [-0.3, -0.25) is 9.89 Å². The second kappa shape index (κ2) is 11.8. The number of aliphatic hydroxyl groups excluding tert-OH is 1. The lowest BCUT2D eigenvalue weighted by atomic mass is 10.1. The molecule has 0 aliphatic rings. The van der Waals surface area contributed by atoms with Crippen LogP contribution < -0.4 is 10.6 Å². The number of amides is 1. The number of hydrogen-bond acceptors (Lipinski definition) is 6. The highest BCUT2D eigenvalue weighted by Gasteiger charge is 2.38. The van der Waals surface area contributed by atoms with Gasteiger partial charge in [-0.2, -0.15) is 18.3 Å². The fourth-order valence-corrected chi connectivity index (χ4v) is 3.11. The Labute approximate surface area is 203 Å². The number of nitrogens with one attached hydrogen (secondary N) is 3. The SMILES string of the molecule is O=C(Nc1ccc2[nH]ncc2c1)c1ccc(N[C@@H](CO)Cc2ccccc2)nc1.O=C(O)C(F)(F)F. The highest BCUT2D eigenvalue weighted by molar-refractivity contribution is 6.05. The average Bonchev–Trinajstić information content (AvgIpc) is 3.32. The van der Waals surface area contributed by atoms with Crippen LogP contribution >= 0.6 is 0 Å². The molecule has 2 aromatic carbocycles. The van der Waals surface area contributed by atoms with Gasteiger partial charge in [0.15, 0.2) is 0 Å². The van der Waals surface area contributed by atoms with Crippen LogP contribution in [0.4, 0.5) is 24.7 Å². The maximum Gasteiger partial charge on any atom is 0.490 e. The van der Waals surface area contributed by atoms with Gasteiger partial charge >= 0.3 is 12.1 Å². The van der Waals surface area contributed by atoms with Gasteiger partial charge in [0.2, 0.25) is 0 Å². The Balaban J connectivity index is 0.000000454. The average molecular weight is 501 g/mol. The van der Waals surface area contributed by atoms with E-state index in [0.29, 0.717) is 23.5 Å². The third kappa shape index (κ3) is 7.53. The van der Waals surface area contributed by atoms with Crippen LogP contribution in [0.5, 0.6) is 0 Å². The van der Waals surface area contributed by atoms with Crippen molar-refractivity contribution in [2.45, 2.75) is 18.6 Å². The lowest BCUT2D eigenvalue weighted by Gasteiger charge is -2.17. The monoisotopic (exact) mass is 501 g/mol. The molecule has 12 heteroatoms. The van der Waals surface area contributed by atoms with E-state index in [0.717, 1.165) is 16.5 Å². The number of fused-ring (bicyclic) bond motifs is 1. The molecule has 0 spiro atoms. The van der Waals surface area contributed by atoms with Crippen LogP contribution in [0.2, 0.25) is 0 Å². The van der Waals surface area contributed by atoms with E-state index >= 15 is 0 Å². The predicted molar refractivity (Wildman–Crippen MR) is 127 cm³/mol. The summed E-state index contributed by atoms with van der Waals surface area (Å²) in [6.45, 7) is -0.0186. The van der Waals surface area contributed by atoms with Crippen molar-refractivity contribution >= 4 is 34.3 Å². The quantitative estimate of drug-likeness (QED) is 0.259. The van der Waals surface area contributed by atoms with Crippen molar-refractivity contribution in [2.75, 3.05) is 17.2 Å². The van der Waals surface area contributed by atoms with Gasteiger partial charge in [0, 0.05) is 17.3 Å². The molecule has 2 aromatic heterocycles. The minimum absolute atomic E-state index is 0.0186. The van der Waals surface area contributed by atoms with E-state index in [1.165, 1.54) is 6.20 Å². The third-order valence-electron chi connectivity index (χ3n) is 4.86. The van der Waals surface area contributed by atoms with E-state index in [1.807, 2.05) is 48.5 Å². The maximum atomic E-state index is 12.5. The lowest BCUT2D eigenvalue weighted by molar-refractivity contribution is -0.192. The number of aliphatic carboxylic acids is 1. The Morgan fingerprint density at radius 3 is 2.36 bits per heavy atom. The Morgan fingerprint density at radius 1 is 1.03 bits per heavy atom. The van der Waals surface area contributed by atoms with Gasteiger partial charge in [0.25, 0.3) is 5.91 Å². The lowest BCUT2D eigenvalue weighted by Crippen LogP contribution is -2.27. The number of benzene rings is 2. The van der Waals surface area contributed by atoms with Gasteiger partial charge in [-0.15, -0.1) is 0 Å². The number of pyridine rings is 1. The highest BCUT2D eigenvalue weighted by atomic mass is 19.4. The number of nitrogens with zero attached hydrogens (tertiary/aromatic N) is 2. The summed E-state index contributed by atoms with van der Waals surface area (Å²) in [5.41, 5.74) is 3.18. The van der Waals surface area contributed by atoms with E-state index in [2.05, 4.69) is 25.8 Å². The molecular formula is C24H22F3N5O4. The molecule has 1 amide bonds. The van der Waals surface area contributed by atoms with Crippen LogP contribution in [0.15, 0.2) is 73.1 Å². The zero-order valence-electron chi connectivity index (χ0n) is 18.7. The standard InChI is InChI=1S/C22H21N5O2.C2HF3O2/c28-14-19(10-15-4-2-1-3-5-15)25-21-9-6-16(12-23-21)22(29)26-18-7-8-20-17(11-18)13-24-27-20;3-2(4,5)1(6)7/h1-9,11-13,19,28H,10,14H2,(H,23,25)(H,24,27)(H,26,29);(H,6,7)/t19-;/m1./s1. The first-order valence-corrected chi connectivity index (χ1v) is 10.6. The number of H-pyrrole nitrogens is 1. The van der Waals surface area contributed by atoms with Crippen LogP contribution in [0.1, 0.15) is 15.9 Å². The molecule has 0 fully saturated rings. The van der Waals surface area contributed by atoms with Gasteiger partial charge in [0.1, 0.15) is 5.82 Å². The molecule has 2 heterocycles. The molecule has 0 bridgehead atoms. The number of aliphatic hydroxyl groups is 1. The van der Waals surface area contributed by atoms with Crippen molar-refractivity contribution in [2.24, 2.45) is 0 Å². The van der Waals surface area contributed by atoms with Gasteiger partial charge < -0.3 is 20.8 Å². The van der Waals surface area contributed by atoms with Crippen molar-refractivity contribution in [1.29, 1.82) is 0 Å². The van der Waals surface area contributed by atoms with Gasteiger partial charge in [-0.1, -0.05) is 30.3 Å². The van der Waals surface area contributed by atoms with Crippen LogP contribution in [-0.2, 0) is 11.2 Å². The van der Waals surface area contributed by atoms with E-state index in [4.69, 9.17) is 9.90 Å². The second-order valence-corrected chi connectivity index (χ2v) is 7.57. The molecule has 4 rings (SSSR count). The maximum absolute atomic E-state index is 12.5. The summed E-state index contributed by atoms with van der Waals surface area (Å²) in [6.07, 6.45) is -1.18. The largest absolute Gasteiger partial charge is 0.490 e. The smallest absolute Gasteiger partial charge is 0.475 e. The molecule has 36 heavy (non-hydrogen) atoms. The molecule has 0 aliphatic heterocycles. The zero-order valence-corrected chi connectivity index (χ0v) is 18.7. The summed E-state index contributed by atoms with van der Waals surface area (Å²) in [5, 5.41) is 30.6. The van der Waals surface area contributed by atoms with Crippen molar-refractivity contribution in [3.8, 4) is 0 Å². The minimum Gasteiger partial charge on any atom is -0.475 e. The number of rotatable bonds is 7. The topological polar surface area (TPSA) is 140 Å². The fraction of sp³-hybridized carbons (Fsp3) is 0.167. The molecule has 0 radical (unpaired) electrons. The Bertz CT molecular complexity index is 1290. The molecule has 4 aromatic rings. The van der Waals surface area contributed by atoms with Crippen LogP contribution in [-0.4, -0.2) is 56.1 Å². The summed E-state index contributed by atoms with van der Waals surface area (Å²) in [4.78, 5) is 25.7. The molecule has 0 unspecified atom stereocenters. The number of alkyl halides is 3. The van der Waals surface area contributed by atoms with Gasteiger partial charge in [-0.05, 0) is 42.3 Å². The first-order valence-electron chi connectivity index (χ1n) is 10.6. The Kier molecular flexibility index (Phi) is 8.57. The van der Waals surface area contributed by atoms with E-state index in [-0.39, 0.29) is 18.6 Å². The summed E-state index contributed by atoms with van der Waals surface area (Å²) in [7, 11) is 0. The Morgan fingerprint density at radius 2 is 1.75 bits per heavy atom. The number of hydrogen-bond donors (Lipinski definition) is 5. The summed E-state index contributed by atoms with van der Waals surface area (Å²) in [5.74, 6) is -2.39. The number of halogens is 3. The van der Waals surface area contributed by atoms with Crippen molar-refractivity contribution in [3.63, 3.8) is 0 Å².